The Labute approximate surface area is 218 Å². The van der Waals surface area contributed by atoms with Crippen LogP contribution in [0.5, 0.6) is 0 Å². The number of aliphatic hydroxyl groups is 1. The Balaban J connectivity index is 2.42. The van der Waals surface area contributed by atoms with E-state index in [9.17, 15) is 19.5 Å². The maximum Gasteiger partial charge on any atom is 0.245 e. The van der Waals surface area contributed by atoms with Crippen LogP contribution in [0.2, 0.25) is 0 Å². The summed E-state index contributed by atoms with van der Waals surface area (Å²) in [7, 11) is 0. The lowest BCUT2D eigenvalue weighted by Gasteiger charge is -2.24. The van der Waals surface area contributed by atoms with Gasteiger partial charge in [-0.2, -0.15) is 0 Å². The van der Waals surface area contributed by atoms with Gasteiger partial charge >= 0.3 is 0 Å². The molecule has 2 atom stereocenters. The first-order chi connectivity index (χ1) is 17.5. The van der Waals surface area contributed by atoms with E-state index >= 15 is 0 Å². The van der Waals surface area contributed by atoms with Crippen LogP contribution in [-0.4, -0.2) is 61.2 Å². The number of carbonyl (C=O) groups is 3. The van der Waals surface area contributed by atoms with Crippen LogP contribution in [0.15, 0.2) is 0 Å². The molecule has 0 unspecified atom stereocenters. The maximum atomic E-state index is 12.8. The molecule has 210 valence electrons. The predicted molar refractivity (Wildman–Crippen MR) is 144 cm³/mol. The van der Waals surface area contributed by atoms with Gasteiger partial charge in [-0.05, 0) is 57.5 Å². The Morgan fingerprint density at radius 2 is 1.36 bits per heavy atom. The Bertz CT molecular complexity index is 599. The van der Waals surface area contributed by atoms with E-state index < -0.39 is 24.6 Å². The summed E-state index contributed by atoms with van der Waals surface area (Å²) in [5.74, 6) is -0.352. The minimum absolute atomic E-state index is 0.217. The monoisotopic (exact) mass is 511 g/mol. The Kier molecular flexibility index (Phi) is 19.2. The van der Waals surface area contributed by atoms with Gasteiger partial charge < -0.3 is 32.5 Å². The van der Waals surface area contributed by atoms with Gasteiger partial charge in [0.15, 0.2) is 0 Å². The number of nitrogens with one attached hydrogen (secondary N) is 3. The SMILES string of the molecule is NCCCCCCCCCC(=O)N[C@@H](CO)C(=O)N[C@@H](CCCCN)C(=O)NCCC1CCCCC1. The molecular formula is C27H53N5O4. The van der Waals surface area contributed by atoms with Crippen molar-refractivity contribution < 1.29 is 19.5 Å². The van der Waals surface area contributed by atoms with E-state index in [1.165, 1.54) is 32.1 Å². The van der Waals surface area contributed by atoms with Gasteiger partial charge in [-0.1, -0.05) is 64.2 Å². The van der Waals surface area contributed by atoms with Gasteiger partial charge in [-0.25, -0.2) is 0 Å². The molecular weight excluding hydrogens is 458 g/mol. The molecule has 0 aromatic carbocycles. The molecule has 3 amide bonds. The van der Waals surface area contributed by atoms with E-state index in [1.807, 2.05) is 0 Å². The normalized spacial score (nSPS) is 15.8. The molecule has 0 heterocycles. The van der Waals surface area contributed by atoms with Crippen LogP contribution in [0.25, 0.3) is 0 Å². The minimum Gasteiger partial charge on any atom is -0.394 e. The second-order valence-corrected chi connectivity index (χ2v) is 10.2. The van der Waals surface area contributed by atoms with E-state index in [-0.39, 0.29) is 11.8 Å². The maximum absolute atomic E-state index is 12.8. The molecule has 1 rings (SSSR count). The van der Waals surface area contributed by atoms with E-state index in [2.05, 4.69) is 16.0 Å². The number of rotatable bonds is 21. The van der Waals surface area contributed by atoms with Crippen molar-refractivity contribution >= 4 is 17.7 Å². The van der Waals surface area contributed by atoms with Gasteiger partial charge in [-0.15, -0.1) is 0 Å². The summed E-state index contributed by atoms with van der Waals surface area (Å²) in [4.78, 5) is 37.9. The van der Waals surface area contributed by atoms with Gasteiger partial charge in [0.05, 0.1) is 6.61 Å². The van der Waals surface area contributed by atoms with Crippen molar-refractivity contribution in [2.75, 3.05) is 26.2 Å². The number of unbranched alkanes of at least 4 members (excludes halogenated alkanes) is 7. The topological polar surface area (TPSA) is 160 Å². The highest BCUT2D eigenvalue weighted by atomic mass is 16.3. The molecule has 0 aromatic rings. The largest absolute Gasteiger partial charge is 0.394 e. The smallest absolute Gasteiger partial charge is 0.245 e. The molecule has 0 aromatic heterocycles. The molecule has 9 heteroatoms. The van der Waals surface area contributed by atoms with Gasteiger partial charge in [0.25, 0.3) is 0 Å². The average Bonchev–Trinajstić information content (AvgIpc) is 2.88. The second kappa shape index (κ2) is 21.4. The zero-order chi connectivity index (χ0) is 26.4. The highest BCUT2D eigenvalue weighted by Crippen LogP contribution is 2.25. The fourth-order valence-corrected chi connectivity index (χ4v) is 4.81. The molecule has 0 aliphatic heterocycles. The number of carbonyl (C=O) groups excluding carboxylic acids is 3. The van der Waals surface area contributed by atoms with Crippen LogP contribution >= 0.6 is 0 Å². The Hall–Kier alpha value is -1.71. The molecule has 0 spiro atoms. The first kappa shape index (κ1) is 32.3. The van der Waals surface area contributed by atoms with Gasteiger partial charge in [-0.3, -0.25) is 14.4 Å². The summed E-state index contributed by atoms with van der Waals surface area (Å²) in [6, 6.07) is -1.78. The number of amides is 3. The van der Waals surface area contributed by atoms with Crippen molar-refractivity contribution in [2.24, 2.45) is 17.4 Å². The third kappa shape index (κ3) is 15.4. The van der Waals surface area contributed by atoms with Crippen molar-refractivity contribution in [1.29, 1.82) is 0 Å². The summed E-state index contributed by atoms with van der Waals surface area (Å²) in [6.45, 7) is 1.34. The third-order valence-corrected chi connectivity index (χ3v) is 7.10. The second-order valence-electron chi connectivity index (χ2n) is 10.2. The fourth-order valence-electron chi connectivity index (χ4n) is 4.81. The first-order valence-electron chi connectivity index (χ1n) is 14.4. The van der Waals surface area contributed by atoms with E-state index in [0.717, 1.165) is 64.3 Å². The third-order valence-electron chi connectivity index (χ3n) is 7.10. The lowest BCUT2D eigenvalue weighted by atomic mass is 9.87. The molecule has 1 aliphatic rings. The van der Waals surface area contributed by atoms with Gasteiger partial charge in [0.2, 0.25) is 17.7 Å². The van der Waals surface area contributed by atoms with Crippen molar-refractivity contribution in [3.8, 4) is 0 Å². The first-order valence-corrected chi connectivity index (χ1v) is 14.4. The van der Waals surface area contributed by atoms with Crippen LogP contribution in [0, 0.1) is 5.92 Å². The summed E-state index contributed by atoms with van der Waals surface area (Å²) in [5, 5.41) is 18.0. The number of nitrogens with two attached hydrogens (primary N) is 2. The molecule has 9 nitrogen and oxygen atoms in total. The van der Waals surface area contributed by atoms with Crippen LogP contribution in [0.4, 0.5) is 0 Å². The highest BCUT2D eigenvalue weighted by Gasteiger charge is 2.26. The fraction of sp³-hybridized carbons (Fsp3) is 0.889. The number of hydrogen-bond donors (Lipinski definition) is 6. The van der Waals surface area contributed by atoms with E-state index in [0.29, 0.717) is 38.3 Å². The molecule has 0 radical (unpaired) electrons. The average molecular weight is 512 g/mol. The molecule has 0 bridgehead atoms. The molecule has 1 saturated carbocycles. The van der Waals surface area contributed by atoms with E-state index in [1.54, 1.807) is 0 Å². The lowest BCUT2D eigenvalue weighted by molar-refractivity contribution is -0.133. The molecule has 1 fully saturated rings. The molecule has 0 saturated heterocycles. The summed E-state index contributed by atoms with van der Waals surface area (Å²) in [5.41, 5.74) is 11.1. The lowest BCUT2D eigenvalue weighted by Crippen LogP contribution is -2.55. The summed E-state index contributed by atoms with van der Waals surface area (Å²) < 4.78 is 0. The van der Waals surface area contributed by atoms with Gasteiger partial charge in [0.1, 0.15) is 12.1 Å². The van der Waals surface area contributed by atoms with Crippen molar-refractivity contribution in [1.82, 2.24) is 16.0 Å². The zero-order valence-electron chi connectivity index (χ0n) is 22.4. The molecule has 8 N–H and O–H groups in total. The van der Waals surface area contributed by atoms with Crippen LogP contribution in [-0.2, 0) is 14.4 Å². The Morgan fingerprint density at radius 3 is 2.00 bits per heavy atom. The van der Waals surface area contributed by atoms with Gasteiger partial charge in [0, 0.05) is 13.0 Å². The van der Waals surface area contributed by atoms with Crippen LogP contribution < -0.4 is 27.4 Å². The van der Waals surface area contributed by atoms with Crippen molar-refractivity contribution in [3.63, 3.8) is 0 Å². The summed E-state index contributed by atoms with van der Waals surface area (Å²) in [6.07, 6.45) is 16.8. The predicted octanol–water partition coefficient (Wildman–Crippen LogP) is 2.24. The highest BCUT2D eigenvalue weighted by molar-refractivity contribution is 5.92. The van der Waals surface area contributed by atoms with E-state index in [4.69, 9.17) is 11.5 Å². The minimum atomic E-state index is -1.07. The number of hydrogen-bond acceptors (Lipinski definition) is 6. The van der Waals surface area contributed by atoms with Crippen LogP contribution in [0.1, 0.15) is 109 Å². The molecule has 1 aliphatic carbocycles. The molecule has 36 heavy (non-hydrogen) atoms. The van der Waals surface area contributed by atoms with Crippen LogP contribution in [0.3, 0.4) is 0 Å². The van der Waals surface area contributed by atoms with Crippen molar-refractivity contribution in [3.05, 3.63) is 0 Å². The zero-order valence-corrected chi connectivity index (χ0v) is 22.4. The Morgan fingerprint density at radius 1 is 0.750 bits per heavy atom. The quantitative estimate of drug-likeness (QED) is 0.130. The van der Waals surface area contributed by atoms with Crippen molar-refractivity contribution in [2.45, 2.75) is 121 Å². The number of aliphatic hydroxyl groups excluding tert-OH is 1. The standard InChI is InChI=1S/C27H53N5O4/c28-18-11-5-3-1-2-4-9-16-25(34)31-24(21-33)27(36)32-23(15-10-12-19-29)26(35)30-20-17-22-13-7-6-8-14-22/h22-24,33H,1-21,28-29H2,(H,30,35)(H,31,34)(H,32,36)/t23-,24-/m0/s1. The summed E-state index contributed by atoms with van der Waals surface area (Å²) >= 11 is 0.